The van der Waals surface area contributed by atoms with Crippen molar-refractivity contribution in [1.82, 2.24) is 0 Å². The van der Waals surface area contributed by atoms with Gasteiger partial charge in [0.25, 0.3) is 0 Å². The SMILES string of the molecule is CC(N)c1cc2ccccc2c2ccccc12. The summed E-state index contributed by atoms with van der Waals surface area (Å²) in [4.78, 5) is 0. The van der Waals surface area contributed by atoms with Crippen molar-refractivity contribution in [3.63, 3.8) is 0 Å². The van der Waals surface area contributed by atoms with E-state index in [1.54, 1.807) is 0 Å². The van der Waals surface area contributed by atoms with Gasteiger partial charge in [-0.15, -0.1) is 0 Å². The van der Waals surface area contributed by atoms with Crippen LogP contribution in [0.2, 0.25) is 0 Å². The molecule has 2 N–H and O–H groups in total. The van der Waals surface area contributed by atoms with Gasteiger partial charge in [0, 0.05) is 6.04 Å². The van der Waals surface area contributed by atoms with Crippen LogP contribution in [0.4, 0.5) is 0 Å². The average Bonchev–Trinajstić information content (AvgIpc) is 2.37. The van der Waals surface area contributed by atoms with Gasteiger partial charge in [0.15, 0.2) is 0 Å². The first kappa shape index (κ1) is 10.3. The van der Waals surface area contributed by atoms with Crippen molar-refractivity contribution in [3.05, 3.63) is 60.2 Å². The van der Waals surface area contributed by atoms with Crippen molar-refractivity contribution in [1.29, 1.82) is 0 Å². The summed E-state index contributed by atoms with van der Waals surface area (Å²) >= 11 is 0. The van der Waals surface area contributed by atoms with Gasteiger partial charge in [-0.1, -0.05) is 48.5 Å². The summed E-state index contributed by atoms with van der Waals surface area (Å²) in [5.41, 5.74) is 7.29. The van der Waals surface area contributed by atoms with Crippen LogP contribution in [0, 0.1) is 0 Å². The highest BCUT2D eigenvalue weighted by Gasteiger charge is 2.08. The highest BCUT2D eigenvalue weighted by Crippen LogP contribution is 2.30. The zero-order chi connectivity index (χ0) is 11.8. The van der Waals surface area contributed by atoms with Crippen LogP contribution in [-0.2, 0) is 0 Å². The van der Waals surface area contributed by atoms with E-state index in [1.165, 1.54) is 27.1 Å². The average molecular weight is 221 g/mol. The van der Waals surface area contributed by atoms with Crippen molar-refractivity contribution in [2.75, 3.05) is 0 Å². The molecule has 0 aliphatic rings. The van der Waals surface area contributed by atoms with Crippen LogP contribution in [0.5, 0.6) is 0 Å². The molecular weight excluding hydrogens is 206 g/mol. The number of benzene rings is 3. The fraction of sp³-hybridized carbons (Fsp3) is 0.125. The van der Waals surface area contributed by atoms with Gasteiger partial charge in [-0.3, -0.25) is 0 Å². The quantitative estimate of drug-likeness (QED) is 0.617. The number of rotatable bonds is 1. The summed E-state index contributed by atoms with van der Waals surface area (Å²) < 4.78 is 0. The predicted molar refractivity (Wildman–Crippen MR) is 74.1 cm³/mol. The Morgan fingerprint density at radius 3 is 2.12 bits per heavy atom. The highest BCUT2D eigenvalue weighted by atomic mass is 14.6. The molecule has 0 bridgehead atoms. The maximum absolute atomic E-state index is 6.07. The molecule has 0 radical (unpaired) electrons. The smallest absolute Gasteiger partial charge is 0.0272 e. The van der Waals surface area contributed by atoms with Crippen LogP contribution in [0.15, 0.2) is 54.6 Å². The molecule has 0 heterocycles. The molecular formula is C16H15N. The van der Waals surface area contributed by atoms with Crippen LogP contribution in [0.1, 0.15) is 18.5 Å². The van der Waals surface area contributed by atoms with Gasteiger partial charge < -0.3 is 5.73 Å². The maximum atomic E-state index is 6.07. The first-order valence-electron chi connectivity index (χ1n) is 5.93. The van der Waals surface area contributed by atoms with Crippen molar-refractivity contribution < 1.29 is 0 Å². The molecule has 0 spiro atoms. The minimum absolute atomic E-state index is 0.0597. The molecule has 84 valence electrons. The fourth-order valence-corrected chi connectivity index (χ4v) is 2.46. The minimum atomic E-state index is 0.0597. The van der Waals surface area contributed by atoms with Gasteiger partial charge in [0.2, 0.25) is 0 Å². The molecule has 0 saturated carbocycles. The van der Waals surface area contributed by atoms with Crippen LogP contribution >= 0.6 is 0 Å². The molecule has 1 nitrogen and oxygen atoms in total. The number of hydrogen-bond donors (Lipinski definition) is 1. The van der Waals surface area contributed by atoms with Gasteiger partial charge in [0.05, 0.1) is 0 Å². The van der Waals surface area contributed by atoms with Crippen LogP contribution in [0.25, 0.3) is 21.5 Å². The molecule has 3 rings (SSSR count). The summed E-state index contributed by atoms with van der Waals surface area (Å²) in [7, 11) is 0. The second kappa shape index (κ2) is 3.86. The second-order valence-electron chi connectivity index (χ2n) is 4.52. The largest absolute Gasteiger partial charge is 0.324 e. The van der Waals surface area contributed by atoms with E-state index < -0.39 is 0 Å². The van der Waals surface area contributed by atoms with E-state index in [-0.39, 0.29) is 6.04 Å². The van der Waals surface area contributed by atoms with Gasteiger partial charge >= 0.3 is 0 Å². The van der Waals surface area contributed by atoms with E-state index in [4.69, 9.17) is 5.73 Å². The van der Waals surface area contributed by atoms with E-state index in [9.17, 15) is 0 Å². The monoisotopic (exact) mass is 221 g/mol. The molecule has 1 unspecified atom stereocenters. The normalized spacial score (nSPS) is 13.1. The third kappa shape index (κ3) is 1.60. The van der Waals surface area contributed by atoms with Gasteiger partial charge in [-0.2, -0.15) is 0 Å². The summed E-state index contributed by atoms with van der Waals surface area (Å²) in [5.74, 6) is 0. The Morgan fingerprint density at radius 2 is 1.41 bits per heavy atom. The summed E-state index contributed by atoms with van der Waals surface area (Å²) in [6, 6.07) is 19.2. The minimum Gasteiger partial charge on any atom is -0.324 e. The summed E-state index contributed by atoms with van der Waals surface area (Å²) in [5, 5.41) is 5.12. The summed E-state index contributed by atoms with van der Waals surface area (Å²) in [6.45, 7) is 2.04. The predicted octanol–water partition coefficient (Wildman–Crippen LogP) is 4.01. The van der Waals surface area contributed by atoms with E-state index >= 15 is 0 Å². The Balaban J connectivity index is 2.55. The molecule has 3 aromatic rings. The zero-order valence-corrected chi connectivity index (χ0v) is 9.85. The Kier molecular flexibility index (Phi) is 2.34. The van der Waals surface area contributed by atoms with Crippen molar-refractivity contribution in [2.24, 2.45) is 5.73 Å². The molecule has 0 aliphatic heterocycles. The molecule has 0 saturated heterocycles. The van der Waals surface area contributed by atoms with E-state index in [0.29, 0.717) is 0 Å². The Morgan fingerprint density at radius 1 is 0.824 bits per heavy atom. The molecule has 0 amide bonds. The van der Waals surface area contributed by atoms with Gasteiger partial charge in [-0.25, -0.2) is 0 Å². The molecule has 0 fully saturated rings. The molecule has 3 aromatic carbocycles. The highest BCUT2D eigenvalue weighted by molar-refractivity contribution is 6.09. The van der Waals surface area contributed by atoms with E-state index in [1.807, 2.05) is 6.92 Å². The molecule has 17 heavy (non-hydrogen) atoms. The Bertz CT molecular complexity index is 683. The first-order chi connectivity index (χ1) is 8.27. The summed E-state index contributed by atoms with van der Waals surface area (Å²) in [6.07, 6.45) is 0. The van der Waals surface area contributed by atoms with E-state index in [2.05, 4.69) is 54.6 Å². The molecule has 0 aliphatic carbocycles. The van der Waals surface area contributed by atoms with Crippen LogP contribution < -0.4 is 5.73 Å². The lowest BCUT2D eigenvalue weighted by Gasteiger charge is -2.13. The molecule has 0 aromatic heterocycles. The first-order valence-corrected chi connectivity index (χ1v) is 5.93. The second-order valence-corrected chi connectivity index (χ2v) is 4.52. The van der Waals surface area contributed by atoms with E-state index in [0.717, 1.165) is 0 Å². The fourth-order valence-electron chi connectivity index (χ4n) is 2.46. The van der Waals surface area contributed by atoms with Crippen molar-refractivity contribution in [3.8, 4) is 0 Å². The molecule has 1 heteroatoms. The molecule has 1 atom stereocenters. The van der Waals surface area contributed by atoms with Crippen molar-refractivity contribution >= 4 is 21.5 Å². The third-order valence-electron chi connectivity index (χ3n) is 3.29. The van der Waals surface area contributed by atoms with Crippen LogP contribution in [-0.4, -0.2) is 0 Å². The van der Waals surface area contributed by atoms with Crippen molar-refractivity contribution in [2.45, 2.75) is 13.0 Å². The standard InChI is InChI=1S/C16H15N/c1-11(17)16-10-12-6-2-3-7-13(12)14-8-4-5-9-15(14)16/h2-11H,17H2,1H3. The number of nitrogens with two attached hydrogens (primary N) is 1. The zero-order valence-electron chi connectivity index (χ0n) is 9.85. The Labute approximate surface area is 101 Å². The number of fused-ring (bicyclic) bond motifs is 3. The van der Waals surface area contributed by atoms with Gasteiger partial charge in [-0.05, 0) is 40.1 Å². The van der Waals surface area contributed by atoms with Gasteiger partial charge in [0.1, 0.15) is 0 Å². The lowest BCUT2D eigenvalue weighted by molar-refractivity contribution is 0.828. The Hall–Kier alpha value is -1.86. The number of hydrogen-bond acceptors (Lipinski definition) is 1. The third-order valence-corrected chi connectivity index (χ3v) is 3.29. The maximum Gasteiger partial charge on any atom is 0.0272 e. The lowest BCUT2D eigenvalue weighted by Crippen LogP contribution is -2.05. The lowest BCUT2D eigenvalue weighted by atomic mass is 9.94. The van der Waals surface area contributed by atoms with Crippen LogP contribution in [0.3, 0.4) is 0 Å². The topological polar surface area (TPSA) is 26.0 Å².